The number of nitrogens with zero attached hydrogens (tertiary/aromatic N) is 1. The van der Waals surface area contributed by atoms with Crippen molar-refractivity contribution in [1.29, 1.82) is 0 Å². The van der Waals surface area contributed by atoms with Crippen molar-refractivity contribution in [2.24, 2.45) is 0 Å². The summed E-state index contributed by atoms with van der Waals surface area (Å²) in [6.45, 7) is 2.67. The standard InChI is InChI=1S/C18H21NO6S/c1-3-24-17(21)10-16-19(15(20)12-26-16)8-9-25-18(22)14-6-4-13(5-7-14)11-23-2/h4-7,10H,3,8-9,11-12H2,1-2H3/b16-10-. The summed E-state index contributed by atoms with van der Waals surface area (Å²) in [6.07, 6.45) is 1.29. The Bertz CT molecular complexity index is 685. The molecule has 26 heavy (non-hydrogen) atoms. The Labute approximate surface area is 156 Å². The van der Waals surface area contributed by atoms with Crippen LogP contribution in [0.2, 0.25) is 0 Å². The minimum absolute atomic E-state index is 0.0329. The third kappa shape index (κ3) is 5.60. The first-order valence-corrected chi connectivity index (χ1v) is 9.10. The second kappa shape index (κ2) is 9.98. The van der Waals surface area contributed by atoms with Gasteiger partial charge in [0.15, 0.2) is 0 Å². The van der Waals surface area contributed by atoms with E-state index in [0.29, 0.717) is 17.2 Å². The number of rotatable bonds is 8. The van der Waals surface area contributed by atoms with Crippen molar-refractivity contribution in [3.05, 3.63) is 46.5 Å². The van der Waals surface area contributed by atoms with Crippen LogP contribution >= 0.6 is 11.8 Å². The molecule has 0 atom stereocenters. The van der Waals surface area contributed by atoms with Crippen LogP contribution < -0.4 is 0 Å². The van der Waals surface area contributed by atoms with E-state index >= 15 is 0 Å². The van der Waals surface area contributed by atoms with E-state index < -0.39 is 11.9 Å². The zero-order chi connectivity index (χ0) is 18.9. The van der Waals surface area contributed by atoms with E-state index in [4.69, 9.17) is 14.2 Å². The summed E-state index contributed by atoms with van der Waals surface area (Å²) in [7, 11) is 1.60. The van der Waals surface area contributed by atoms with Crippen LogP contribution in [0.15, 0.2) is 35.4 Å². The van der Waals surface area contributed by atoms with Gasteiger partial charge < -0.3 is 19.1 Å². The quantitative estimate of drug-likeness (QED) is 0.504. The average molecular weight is 379 g/mol. The molecule has 140 valence electrons. The van der Waals surface area contributed by atoms with Crippen LogP contribution in [-0.2, 0) is 30.4 Å². The summed E-state index contributed by atoms with van der Waals surface area (Å²) in [5.74, 6) is -0.849. The van der Waals surface area contributed by atoms with E-state index in [9.17, 15) is 14.4 Å². The maximum Gasteiger partial charge on any atom is 0.338 e. The third-order valence-electron chi connectivity index (χ3n) is 3.49. The smallest absolute Gasteiger partial charge is 0.338 e. The van der Waals surface area contributed by atoms with Crippen LogP contribution in [0.3, 0.4) is 0 Å². The lowest BCUT2D eigenvalue weighted by atomic mass is 10.1. The molecule has 0 aliphatic carbocycles. The zero-order valence-corrected chi connectivity index (χ0v) is 15.5. The van der Waals surface area contributed by atoms with Crippen LogP contribution in [0.25, 0.3) is 0 Å². The molecule has 0 N–H and O–H groups in total. The molecular formula is C18H21NO6S. The highest BCUT2D eigenvalue weighted by Crippen LogP contribution is 2.28. The molecule has 1 fully saturated rings. The van der Waals surface area contributed by atoms with Crippen molar-refractivity contribution < 1.29 is 28.6 Å². The summed E-state index contributed by atoms with van der Waals surface area (Å²) in [4.78, 5) is 37.0. The molecule has 7 nitrogen and oxygen atoms in total. The highest BCUT2D eigenvalue weighted by Gasteiger charge is 2.27. The van der Waals surface area contributed by atoms with Gasteiger partial charge in [-0.15, -0.1) is 0 Å². The fraction of sp³-hybridized carbons (Fsp3) is 0.389. The Kier molecular flexibility index (Phi) is 7.68. The number of esters is 2. The Hall–Kier alpha value is -2.32. The molecule has 0 unspecified atom stereocenters. The van der Waals surface area contributed by atoms with Gasteiger partial charge in [0.1, 0.15) is 6.61 Å². The number of methoxy groups -OCH3 is 1. The van der Waals surface area contributed by atoms with Crippen LogP contribution in [0, 0.1) is 0 Å². The molecule has 0 saturated carbocycles. The molecular weight excluding hydrogens is 358 g/mol. The fourth-order valence-corrected chi connectivity index (χ4v) is 3.23. The normalized spacial score (nSPS) is 15.4. The first kappa shape index (κ1) is 20.0. The monoisotopic (exact) mass is 379 g/mol. The van der Waals surface area contributed by atoms with Crippen molar-refractivity contribution >= 4 is 29.6 Å². The second-order valence-corrected chi connectivity index (χ2v) is 6.33. The molecule has 0 aromatic heterocycles. The van der Waals surface area contributed by atoms with E-state index in [2.05, 4.69) is 0 Å². The molecule has 0 bridgehead atoms. The third-order valence-corrected chi connectivity index (χ3v) is 4.51. The average Bonchev–Trinajstić information content (AvgIpc) is 2.96. The SMILES string of the molecule is CCOC(=O)/C=C1\SCC(=O)N1CCOC(=O)c1ccc(COC)cc1. The van der Waals surface area contributed by atoms with Crippen molar-refractivity contribution in [3.8, 4) is 0 Å². The first-order chi connectivity index (χ1) is 12.5. The van der Waals surface area contributed by atoms with Gasteiger partial charge in [0.2, 0.25) is 5.91 Å². The summed E-state index contributed by atoms with van der Waals surface area (Å²) < 4.78 is 15.1. The Morgan fingerprint density at radius 3 is 2.62 bits per heavy atom. The maximum atomic E-state index is 12.1. The Morgan fingerprint density at radius 2 is 1.96 bits per heavy atom. The van der Waals surface area contributed by atoms with Crippen molar-refractivity contribution in [3.63, 3.8) is 0 Å². The molecule has 8 heteroatoms. The van der Waals surface area contributed by atoms with Crippen LogP contribution in [-0.4, -0.2) is 55.4 Å². The van der Waals surface area contributed by atoms with Gasteiger partial charge in [-0.05, 0) is 24.6 Å². The van der Waals surface area contributed by atoms with E-state index in [-0.39, 0.29) is 31.4 Å². The van der Waals surface area contributed by atoms with Gasteiger partial charge >= 0.3 is 11.9 Å². The summed E-state index contributed by atoms with van der Waals surface area (Å²) in [5, 5.41) is 0.508. The number of thioether (sulfide) groups is 1. The molecule has 2 rings (SSSR count). The molecule has 0 spiro atoms. The predicted molar refractivity (Wildman–Crippen MR) is 96.3 cm³/mol. The van der Waals surface area contributed by atoms with E-state index in [1.807, 2.05) is 0 Å². The highest BCUT2D eigenvalue weighted by atomic mass is 32.2. The Balaban J connectivity index is 1.87. The number of hydrogen-bond donors (Lipinski definition) is 0. The number of carbonyl (C=O) groups is 3. The molecule has 1 amide bonds. The fourth-order valence-electron chi connectivity index (χ4n) is 2.27. The molecule has 1 aliphatic rings. The number of carbonyl (C=O) groups excluding carboxylic acids is 3. The minimum atomic E-state index is -0.497. The maximum absolute atomic E-state index is 12.1. The molecule has 1 aromatic rings. The number of benzene rings is 1. The van der Waals surface area contributed by atoms with Crippen LogP contribution in [0.4, 0.5) is 0 Å². The summed E-state index contributed by atoms with van der Waals surface area (Å²) >= 11 is 1.26. The van der Waals surface area contributed by atoms with E-state index in [0.717, 1.165) is 5.56 Å². The second-order valence-electron chi connectivity index (χ2n) is 5.33. The van der Waals surface area contributed by atoms with Crippen molar-refractivity contribution in [2.45, 2.75) is 13.5 Å². The van der Waals surface area contributed by atoms with Gasteiger partial charge in [0.05, 0.1) is 42.2 Å². The largest absolute Gasteiger partial charge is 0.463 e. The lowest BCUT2D eigenvalue weighted by Gasteiger charge is -2.16. The molecule has 0 radical (unpaired) electrons. The van der Waals surface area contributed by atoms with E-state index in [1.54, 1.807) is 38.3 Å². The van der Waals surface area contributed by atoms with Gasteiger partial charge in [-0.2, -0.15) is 0 Å². The number of hydrogen-bond acceptors (Lipinski definition) is 7. The topological polar surface area (TPSA) is 82.1 Å². The number of amides is 1. The van der Waals surface area contributed by atoms with Gasteiger partial charge in [-0.3, -0.25) is 4.79 Å². The van der Waals surface area contributed by atoms with Crippen LogP contribution in [0.1, 0.15) is 22.8 Å². The molecule has 1 saturated heterocycles. The summed E-state index contributed by atoms with van der Waals surface area (Å²) in [5.41, 5.74) is 1.38. The van der Waals surface area contributed by atoms with Crippen molar-refractivity contribution in [2.75, 3.05) is 32.6 Å². The van der Waals surface area contributed by atoms with Gasteiger partial charge in [-0.25, -0.2) is 9.59 Å². The van der Waals surface area contributed by atoms with Gasteiger partial charge in [-0.1, -0.05) is 23.9 Å². The van der Waals surface area contributed by atoms with Crippen molar-refractivity contribution in [1.82, 2.24) is 4.90 Å². The Morgan fingerprint density at radius 1 is 1.23 bits per heavy atom. The number of ether oxygens (including phenoxy) is 3. The molecule has 1 aliphatic heterocycles. The van der Waals surface area contributed by atoms with E-state index in [1.165, 1.54) is 22.7 Å². The lowest BCUT2D eigenvalue weighted by molar-refractivity contribution is -0.137. The predicted octanol–water partition coefficient (Wildman–Crippen LogP) is 1.97. The zero-order valence-electron chi connectivity index (χ0n) is 14.7. The van der Waals surface area contributed by atoms with Crippen LogP contribution in [0.5, 0.6) is 0 Å². The highest BCUT2D eigenvalue weighted by molar-refractivity contribution is 8.04. The lowest BCUT2D eigenvalue weighted by Crippen LogP contribution is -2.29. The summed E-state index contributed by atoms with van der Waals surface area (Å²) in [6, 6.07) is 6.92. The molecule has 1 aromatic carbocycles. The van der Waals surface area contributed by atoms with Gasteiger partial charge in [0.25, 0.3) is 0 Å². The molecule has 1 heterocycles. The first-order valence-electron chi connectivity index (χ1n) is 8.11. The minimum Gasteiger partial charge on any atom is -0.463 e. The van der Waals surface area contributed by atoms with Gasteiger partial charge in [0, 0.05) is 7.11 Å².